The van der Waals surface area contributed by atoms with Crippen LogP contribution in [0.2, 0.25) is 0 Å². The van der Waals surface area contributed by atoms with Crippen LogP contribution in [0.15, 0.2) is 53.5 Å². The van der Waals surface area contributed by atoms with Crippen molar-refractivity contribution in [3.05, 3.63) is 54.1 Å². The van der Waals surface area contributed by atoms with E-state index in [4.69, 9.17) is 14.2 Å². The molecule has 6 nitrogen and oxygen atoms in total. The van der Waals surface area contributed by atoms with Crippen molar-refractivity contribution in [1.29, 1.82) is 0 Å². The van der Waals surface area contributed by atoms with Gasteiger partial charge in [-0.05, 0) is 97.6 Å². The van der Waals surface area contributed by atoms with E-state index in [1.807, 2.05) is 19.1 Å². The Kier molecular flexibility index (Phi) is 19.8. The lowest BCUT2D eigenvalue weighted by Gasteiger charge is -2.31. The van der Waals surface area contributed by atoms with E-state index < -0.39 is 33.7 Å². The molecule has 0 bridgehead atoms. The molecule has 1 aromatic carbocycles. The Hall–Kier alpha value is -1.80. The first-order chi connectivity index (χ1) is 21.6. The third kappa shape index (κ3) is 17.6. The van der Waals surface area contributed by atoms with Gasteiger partial charge in [0.1, 0.15) is 5.60 Å². The van der Waals surface area contributed by atoms with Gasteiger partial charge in [-0.25, -0.2) is 0 Å². The molecule has 0 amide bonds. The molecule has 1 N–H and O–H groups in total. The fourth-order valence-electron chi connectivity index (χ4n) is 5.42. The molecule has 45 heavy (non-hydrogen) atoms. The van der Waals surface area contributed by atoms with Gasteiger partial charge < -0.3 is 19.3 Å². The fourth-order valence-corrected chi connectivity index (χ4v) is 6.73. The van der Waals surface area contributed by atoms with Crippen LogP contribution in [-0.4, -0.2) is 51.2 Å². The predicted molar refractivity (Wildman–Crippen MR) is 186 cm³/mol. The summed E-state index contributed by atoms with van der Waals surface area (Å²) < 4.78 is 31.5. The van der Waals surface area contributed by atoms with Gasteiger partial charge in [-0.2, -0.15) is 0 Å². The highest BCUT2D eigenvalue weighted by molar-refractivity contribution is 7.86. The summed E-state index contributed by atoms with van der Waals surface area (Å²) in [5, 5.41) is 10.2. The molecule has 1 fully saturated rings. The number of rotatable bonds is 22. The standard InChI is InChI=1S/C38H62O6S/c1-6-7-8-9-10-11-12-13-14-15-16-17-18-19-20-23-32(43-35-24-21-22-29-42-35)30-34(39)36(37(40)44-38(3,4)5)45(41)33-27-25-31(2)26-28-33/h10-11,13-14,25-28,32,34-36,39H,6-9,12,15-24,29-30H2,1-5H3/b11-10-,14-13-/t32?,34?,35?,36?,45-/m1/s1. The molecule has 5 atom stereocenters. The van der Waals surface area contributed by atoms with Crippen molar-refractivity contribution >= 4 is 16.8 Å². The van der Waals surface area contributed by atoms with E-state index in [0.29, 0.717) is 11.5 Å². The molecule has 0 aliphatic carbocycles. The zero-order valence-corrected chi connectivity index (χ0v) is 29.7. The number of ether oxygens (including phenoxy) is 3. The third-order valence-corrected chi connectivity index (χ3v) is 9.64. The first-order valence-electron chi connectivity index (χ1n) is 17.6. The summed E-state index contributed by atoms with van der Waals surface area (Å²) in [4.78, 5) is 13.8. The molecule has 2 rings (SSSR count). The first-order valence-corrected chi connectivity index (χ1v) is 18.8. The van der Waals surface area contributed by atoms with Crippen molar-refractivity contribution in [3.8, 4) is 0 Å². The molecule has 0 aromatic heterocycles. The average molecular weight is 647 g/mol. The molecule has 1 saturated heterocycles. The molecule has 1 aliphatic heterocycles. The van der Waals surface area contributed by atoms with Crippen LogP contribution in [0, 0.1) is 6.92 Å². The normalized spacial score (nSPS) is 18.7. The van der Waals surface area contributed by atoms with E-state index in [-0.39, 0.29) is 18.8 Å². The van der Waals surface area contributed by atoms with Gasteiger partial charge in [-0.3, -0.25) is 9.00 Å². The minimum Gasteiger partial charge on any atom is -0.459 e. The summed E-state index contributed by atoms with van der Waals surface area (Å²) >= 11 is 0. The Labute approximate surface area is 276 Å². The molecule has 7 heteroatoms. The first kappa shape index (κ1) is 39.4. The van der Waals surface area contributed by atoms with E-state index in [1.54, 1.807) is 32.9 Å². The Bertz CT molecular complexity index is 1010. The van der Waals surface area contributed by atoms with Crippen LogP contribution >= 0.6 is 0 Å². The quantitative estimate of drug-likeness (QED) is 0.0768. The summed E-state index contributed by atoms with van der Waals surface area (Å²) in [6.45, 7) is 10.2. The Balaban J connectivity index is 1.90. The summed E-state index contributed by atoms with van der Waals surface area (Å²) in [5.74, 6) is -0.654. The number of benzene rings is 1. The number of aliphatic hydroxyl groups is 1. The van der Waals surface area contributed by atoms with Gasteiger partial charge in [0.15, 0.2) is 11.5 Å². The number of carbonyl (C=O) groups excluding carboxylic acids is 1. The van der Waals surface area contributed by atoms with E-state index in [9.17, 15) is 14.1 Å². The fraction of sp³-hybridized carbons (Fsp3) is 0.711. The number of hydrogen-bond donors (Lipinski definition) is 1. The van der Waals surface area contributed by atoms with E-state index in [1.165, 1.54) is 38.5 Å². The molecule has 1 aromatic rings. The highest BCUT2D eigenvalue weighted by Crippen LogP contribution is 2.26. The predicted octanol–water partition coefficient (Wildman–Crippen LogP) is 9.29. The number of aliphatic hydroxyl groups excluding tert-OH is 1. The van der Waals surface area contributed by atoms with Crippen LogP contribution < -0.4 is 0 Å². The van der Waals surface area contributed by atoms with E-state index in [2.05, 4.69) is 31.2 Å². The highest BCUT2D eigenvalue weighted by atomic mass is 32.2. The van der Waals surface area contributed by atoms with Crippen molar-refractivity contribution in [2.75, 3.05) is 6.61 Å². The lowest BCUT2D eigenvalue weighted by atomic mass is 10.0. The summed E-state index contributed by atoms with van der Waals surface area (Å²) in [7, 11) is -1.79. The number of allylic oxidation sites excluding steroid dienone is 4. The molecular weight excluding hydrogens is 584 g/mol. The minimum absolute atomic E-state index is 0.194. The van der Waals surface area contributed by atoms with E-state index >= 15 is 0 Å². The molecular formula is C38H62O6S. The number of unbranched alkanes of at least 4 members (excludes halogenated alkanes) is 8. The van der Waals surface area contributed by atoms with Crippen molar-refractivity contribution in [3.63, 3.8) is 0 Å². The Morgan fingerprint density at radius 2 is 1.62 bits per heavy atom. The maximum atomic E-state index is 13.7. The molecule has 0 radical (unpaired) electrons. The van der Waals surface area contributed by atoms with Crippen LogP contribution in [0.3, 0.4) is 0 Å². The van der Waals surface area contributed by atoms with E-state index in [0.717, 1.165) is 63.4 Å². The number of aryl methyl sites for hydroxylation is 1. The second kappa shape index (κ2) is 22.7. The average Bonchev–Trinajstić information content (AvgIpc) is 2.99. The van der Waals surface area contributed by atoms with Gasteiger partial charge in [-0.15, -0.1) is 0 Å². The highest BCUT2D eigenvalue weighted by Gasteiger charge is 2.38. The monoisotopic (exact) mass is 646 g/mol. The summed E-state index contributed by atoms with van der Waals surface area (Å²) in [5.41, 5.74) is 0.266. The van der Waals surface area contributed by atoms with Crippen molar-refractivity contribution in [2.45, 2.75) is 172 Å². The van der Waals surface area contributed by atoms with Crippen molar-refractivity contribution in [2.24, 2.45) is 0 Å². The lowest BCUT2D eigenvalue weighted by Crippen LogP contribution is -2.44. The van der Waals surface area contributed by atoms with Gasteiger partial charge in [0.25, 0.3) is 0 Å². The topological polar surface area (TPSA) is 82.1 Å². The summed E-state index contributed by atoms with van der Waals surface area (Å²) in [6.07, 6.45) is 24.0. The Morgan fingerprint density at radius 3 is 2.24 bits per heavy atom. The number of hydrogen-bond acceptors (Lipinski definition) is 6. The van der Waals surface area contributed by atoms with Crippen molar-refractivity contribution < 1.29 is 28.3 Å². The summed E-state index contributed by atoms with van der Waals surface area (Å²) in [6, 6.07) is 7.23. The van der Waals surface area contributed by atoms with Crippen molar-refractivity contribution in [1.82, 2.24) is 0 Å². The number of esters is 1. The molecule has 1 aliphatic rings. The minimum atomic E-state index is -1.79. The van der Waals surface area contributed by atoms with Gasteiger partial charge in [0.2, 0.25) is 0 Å². The van der Waals surface area contributed by atoms with Gasteiger partial charge in [-0.1, -0.05) is 87.4 Å². The van der Waals surface area contributed by atoms with Gasteiger partial charge in [0, 0.05) is 17.9 Å². The third-order valence-electron chi connectivity index (χ3n) is 7.94. The lowest BCUT2D eigenvalue weighted by molar-refractivity contribution is -0.194. The van der Waals surface area contributed by atoms with Crippen LogP contribution in [0.25, 0.3) is 0 Å². The van der Waals surface area contributed by atoms with Gasteiger partial charge in [0.05, 0.1) is 23.0 Å². The van der Waals surface area contributed by atoms with Crippen LogP contribution in [0.5, 0.6) is 0 Å². The maximum Gasteiger partial charge on any atom is 0.325 e. The SMILES string of the molecule is CCCCC/C=C\C/C=C\CCCCCCCC(CC(O)C(C(=O)OC(C)(C)C)[S@](=O)c1ccc(C)cc1)OC1CCCCO1. The molecule has 4 unspecified atom stereocenters. The number of carbonyl (C=O) groups is 1. The maximum absolute atomic E-state index is 13.7. The van der Waals surface area contributed by atoms with Crippen LogP contribution in [-0.2, 0) is 29.8 Å². The molecule has 1 heterocycles. The Morgan fingerprint density at radius 1 is 0.978 bits per heavy atom. The zero-order valence-electron chi connectivity index (χ0n) is 28.8. The smallest absolute Gasteiger partial charge is 0.325 e. The second-order valence-electron chi connectivity index (χ2n) is 13.4. The van der Waals surface area contributed by atoms with Crippen LogP contribution in [0.1, 0.15) is 136 Å². The molecule has 256 valence electrons. The zero-order chi connectivity index (χ0) is 32.9. The largest absolute Gasteiger partial charge is 0.459 e. The van der Waals surface area contributed by atoms with Crippen LogP contribution in [0.4, 0.5) is 0 Å². The van der Waals surface area contributed by atoms with Gasteiger partial charge >= 0.3 is 5.97 Å². The molecule has 0 saturated carbocycles. The second-order valence-corrected chi connectivity index (χ2v) is 15.0. The molecule has 0 spiro atoms.